The SMILES string of the molecule is Cc1cccc(-c2noc(CN(C)C(=O)CCC3CCCC3)n2)c1. The number of amides is 1. The Morgan fingerprint density at radius 2 is 2.12 bits per heavy atom. The van der Waals surface area contributed by atoms with E-state index in [0.717, 1.165) is 23.5 Å². The molecule has 0 N–H and O–H groups in total. The van der Waals surface area contributed by atoms with Crippen LogP contribution in [-0.4, -0.2) is 28.0 Å². The van der Waals surface area contributed by atoms with Crippen LogP contribution in [0.1, 0.15) is 50.0 Å². The van der Waals surface area contributed by atoms with Gasteiger partial charge in [0.15, 0.2) is 0 Å². The molecule has 0 atom stereocenters. The van der Waals surface area contributed by atoms with E-state index in [2.05, 4.69) is 10.1 Å². The fourth-order valence-corrected chi connectivity index (χ4v) is 3.33. The molecule has 24 heavy (non-hydrogen) atoms. The predicted octanol–water partition coefficient (Wildman–Crippen LogP) is 3.97. The molecule has 128 valence electrons. The van der Waals surface area contributed by atoms with Crippen LogP contribution in [0.3, 0.4) is 0 Å². The standard InChI is InChI=1S/C19H25N3O2/c1-14-6-5-9-16(12-14)19-20-17(24-21-19)13-22(2)18(23)11-10-15-7-3-4-8-15/h5-6,9,12,15H,3-4,7-8,10-11,13H2,1-2H3. The van der Waals surface area contributed by atoms with Crippen molar-refractivity contribution in [3.8, 4) is 11.4 Å². The number of hydrogen-bond donors (Lipinski definition) is 0. The summed E-state index contributed by atoms with van der Waals surface area (Å²) in [5, 5.41) is 4.02. The molecule has 2 aromatic rings. The highest BCUT2D eigenvalue weighted by Gasteiger charge is 2.19. The molecule has 1 amide bonds. The molecule has 1 aromatic carbocycles. The third-order valence-electron chi connectivity index (χ3n) is 4.78. The van der Waals surface area contributed by atoms with Crippen molar-refractivity contribution < 1.29 is 9.32 Å². The molecule has 5 nitrogen and oxygen atoms in total. The van der Waals surface area contributed by atoms with Crippen molar-refractivity contribution in [3.05, 3.63) is 35.7 Å². The fraction of sp³-hybridized carbons (Fsp3) is 0.526. The van der Waals surface area contributed by atoms with E-state index in [1.807, 2.05) is 31.2 Å². The van der Waals surface area contributed by atoms with Crippen LogP contribution in [0.4, 0.5) is 0 Å². The normalized spacial score (nSPS) is 14.9. The summed E-state index contributed by atoms with van der Waals surface area (Å²) in [5.41, 5.74) is 2.08. The Bertz CT molecular complexity index is 689. The van der Waals surface area contributed by atoms with Crippen LogP contribution < -0.4 is 0 Å². The van der Waals surface area contributed by atoms with Crippen LogP contribution in [0.2, 0.25) is 0 Å². The van der Waals surface area contributed by atoms with E-state index >= 15 is 0 Å². The first-order valence-electron chi connectivity index (χ1n) is 8.75. The van der Waals surface area contributed by atoms with Gasteiger partial charge in [0.1, 0.15) is 0 Å². The number of carbonyl (C=O) groups is 1. The molecule has 0 bridgehead atoms. The number of nitrogens with zero attached hydrogens (tertiary/aromatic N) is 3. The van der Waals surface area contributed by atoms with E-state index in [9.17, 15) is 4.79 Å². The summed E-state index contributed by atoms with van der Waals surface area (Å²) < 4.78 is 5.30. The second-order valence-corrected chi connectivity index (χ2v) is 6.82. The molecule has 1 saturated carbocycles. The highest BCUT2D eigenvalue weighted by atomic mass is 16.5. The number of hydrogen-bond acceptors (Lipinski definition) is 4. The molecule has 5 heteroatoms. The Morgan fingerprint density at radius 1 is 1.33 bits per heavy atom. The van der Waals surface area contributed by atoms with Gasteiger partial charge >= 0.3 is 0 Å². The molecule has 0 unspecified atom stereocenters. The number of benzene rings is 1. The van der Waals surface area contributed by atoms with Gasteiger partial charge in [-0.25, -0.2) is 0 Å². The summed E-state index contributed by atoms with van der Waals surface area (Å²) in [6, 6.07) is 7.98. The van der Waals surface area contributed by atoms with Crippen LogP contribution in [-0.2, 0) is 11.3 Å². The molecule has 1 aliphatic rings. The van der Waals surface area contributed by atoms with Crippen LogP contribution >= 0.6 is 0 Å². The van der Waals surface area contributed by atoms with Gasteiger partial charge in [-0.2, -0.15) is 4.98 Å². The summed E-state index contributed by atoms with van der Waals surface area (Å²) in [4.78, 5) is 18.4. The van der Waals surface area contributed by atoms with Crippen LogP contribution in [0.15, 0.2) is 28.8 Å². The second-order valence-electron chi connectivity index (χ2n) is 6.82. The van der Waals surface area contributed by atoms with E-state index in [4.69, 9.17) is 4.52 Å². The first-order valence-corrected chi connectivity index (χ1v) is 8.75. The van der Waals surface area contributed by atoms with E-state index < -0.39 is 0 Å². The maximum absolute atomic E-state index is 12.3. The van der Waals surface area contributed by atoms with Crippen LogP contribution in [0.25, 0.3) is 11.4 Å². The Balaban J connectivity index is 1.54. The van der Waals surface area contributed by atoms with E-state index in [0.29, 0.717) is 24.7 Å². The van der Waals surface area contributed by atoms with Crippen molar-refractivity contribution in [2.24, 2.45) is 5.92 Å². The zero-order chi connectivity index (χ0) is 16.9. The Labute approximate surface area is 143 Å². The maximum atomic E-state index is 12.3. The third-order valence-corrected chi connectivity index (χ3v) is 4.78. The molecule has 1 heterocycles. The Hall–Kier alpha value is -2.17. The zero-order valence-electron chi connectivity index (χ0n) is 14.5. The van der Waals surface area contributed by atoms with Gasteiger partial charge in [0.05, 0.1) is 6.54 Å². The Kier molecular flexibility index (Phi) is 5.28. The average molecular weight is 327 g/mol. The van der Waals surface area contributed by atoms with Gasteiger partial charge in [-0.05, 0) is 25.3 Å². The van der Waals surface area contributed by atoms with Crippen molar-refractivity contribution in [2.45, 2.75) is 52.0 Å². The lowest BCUT2D eigenvalue weighted by atomic mass is 10.0. The van der Waals surface area contributed by atoms with E-state index in [1.165, 1.54) is 25.7 Å². The number of rotatable bonds is 6. The van der Waals surface area contributed by atoms with Gasteiger partial charge in [-0.1, -0.05) is 54.6 Å². The molecule has 1 aliphatic carbocycles. The lowest BCUT2D eigenvalue weighted by Gasteiger charge is -2.16. The van der Waals surface area contributed by atoms with Gasteiger partial charge in [-0.3, -0.25) is 4.79 Å². The van der Waals surface area contributed by atoms with Crippen molar-refractivity contribution in [1.29, 1.82) is 0 Å². The summed E-state index contributed by atoms with van der Waals surface area (Å²) in [6.45, 7) is 2.39. The van der Waals surface area contributed by atoms with Crippen molar-refractivity contribution in [2.75, 3.05) is 7.05 Å². The van der Waals surface area contributed by atoms with Gasteiger partial charge in [0.2, 0.25) is 17.6 Å². The lowest BCUT2D eigenvalue weighted by Crippen LogP contribution is -2.26. The number of carbonyl (C=O) groups excluding carboxylic acids is 1. The minimum atomic E-state index is 0.150. The minimum Gasteiger partial charge on any atom is -0.337 e. The van der Waals surface area contributed by atoms with Gasteiger partial charge in [-0.15, -0.1) is 0 Å². The van der Waals surface area contributed by atoms with Gasteiger partial charge in [0, 0.05) is 19.0 Å². The van der Waals surface area contributed by atoms with Gasteiger partial charge in [0.25, 0.3) is 0 Å². The van der Waals surface area contributed by atoms with E-state index in [1.54, 1.807) is 11.9 Å². The second kappa shape index (κ2) is 7.60. The molecule has 0 saturated heterocycles. The fourth-order valence-electron chi connectivity index (χ4n) is 3.33. The highest BCUT2D eigenvalue weighted by Crippen LogP contribution is 2.28. The summed E-state index contributed by atoms with van der Waals surface area (Å²) in [5.74, 6) is 1.93. The number of aryl methyl sites for hydroxylation is 1. The molecule has 1 aromatic heterocycles. The topological polar surface area (TPSA) is 59.2 Å². The minimum absolute atomic E-state index is 0.150. The predicted molar refractivity (Wildman–Crippen MR) is 92.1 cm³/mol. The van der Waals surface area contributed by atoms with Gasteiger partial charge < -0.3 is 9.42 Å². The summed E-state index contributed by atoms with van der Waals surface area (Å²) in [7, 11) is 1.80. The molecular formula is C19H25N3O2. The zero-order valence-corrected chi connectivity index (χ0v) is 14.5. The first-order chi connectivity index (χ1) is 11.6. The largest absolute Gasteiger partial charge is 0.337 e. The average Bonchev–Trinajstić information content (AvgIpc) is 3.24. The van der Waals surface area contributed by atoms with Crippen LogP contribution in [0.5, 0.6) is 0 Å². The van der Waals surface area contributed by atoms with E-state index in [-0.39, 0.29) is 5.91 Å². The third kappa shape index (κ3) is 4.22. The number of aromatic nitrogens is 2. The lowest BCUT2D eigenvalue weighted by molar-refractivity contribution is -0.131. The Morgan fingerprint density at radius 3 is 2.88 bits per heavy atom. The molecule has 0 aliphatic heterocycles. The van der Waals surface area contributed by atoms with Crippen molar-refractivity contribution in [3.63, 3.8) is 0 Å². The maximum Gasteiger partial charge on any atom is 0.246 e. The first kappa shape index (κ1) is 16.7. The van der Waals surface area contributed by atoms with Crippen LogP contribution in [0, 0.1) is 12.8 Å². The molecule has 0 radical (unpaired) electrons. The molecule has 1 fully saturated rings. The smallest absolute Gasteiger partial charge is 0.246 e. The summed E-state index contributed by atoms with van der Waals surface area (Å²) in [6.07, 6.45) is 6.80. The summed E-state index contributed by atoms with van der Waals surface area (Å²) >= 11 is 0. The quantitative estimate of drug-likeness (QED) is 0.805. The molecular weight excluding hydrogens is 302 g/mol. The molecule has 0 spiro atoms. The highest BCUT2D eigenvalue weighted by molar-refractivity contribution is 5.75. The van der Waals surface area contributed by atoms with Crippen molar-refractivity contribution in [1.82, 2.24) is 15.0 Å². The molecule has 3 rings (SSSR count). The monoisotopic (exact) mass is 327 g/mol. The van der Waals surface area contributed by atoms with Crippen molar-refractivity contribution >= 4 is 5.91 Å².